The molecule has 1 aliphatic carbocycles. The van der Waals surface area contributed by atoms with Crippen LogP contribution in [0.4, 0.5) is 5.95 Å². The standard InChI is InChI=1S/C8H8ClN5/c9-7-11-5-4(3-1-2-3)12-8(10)14-6(5)13-7/h3H,1-2H2,(H3,10,11,12,13,14). The second-order valence-corrected chi connectivity index (χ2v) is 3.83. The molecule has 72 valence electrons. The van der Waals surface area contributed by atoms with Crippen LogP contribution in [-0.4, -0.2) is 19.9 Å². The summed E-state index contributed by atoms with van der Waals surface area (Å²) in [5.41, 5.74) is 7.92. The second kappa shape index (κ2) is 2.57. The maximum Gasteiger partial charge on any atom is 0.222 e. The Morgan fingerprint density at radius 2 is 2.07 bits per heavy atom. The summed E-state index contributed by atoms with van der Waals surface area (Å²) in [6.45, 7) is 0. The molecule has 0 aliphatic heterocycles. The summed E-state index contributed by atoms with van der Waals surface area (Å²) in [4.78, 5) is 15.2. The number of halogens is 1. The van der Waals surface area contributed by atoms with E-state index in [0.29, 0.717) is 16.8 Å². The van der Waals surface area contributed by atoms with E-state index in [9.17, 15) is 0 Å². The second-order valence-electron chi connectivity index (χ2n) is 3.47. The Bertz CT molecular complexity index is 502. The van der Waals surface area contributed by atoms with E-state index < -0.39 is 0 Å². The Hall–Kier alpha value is -1.36. The normalized spacial score (nSPS) is 16.4. The molecule has 0 bridgehead atoms. The number of nitrogens with one attached hydrogen (secondary N) is 1. The van der Waals surface area contributed by atoms with Gasteiger partial charge in [0.2, 0.25) is 11.2 Å². The van der Waals surface area contributed by atoms with Crippen LogP contribution in [0.1, 0.15) is 24.5 Å². The fourth-order valence-corrected chi connectivity index (χ4v) is 1.73. The highest BCUT2D eigenvalue weighted by Crippen LogP contribution is 2.41. The molecule has 0 unspecified atom stereocenters. The first-order chi connectivity index (χ1) is 6.74. The quantitative estimate of drug-likeness (QED) is 0.697. The van der Waals surface area contributed by atoms with Gasteiger partial charge in [0.1, 0.15) is 5.52 Å². The number of aromatic amines is 1. The fraction of sp³-hybridized carbons (Fsp3) is 0.375. The van der Waals surface area contributed by atoms with Crippen LogP contribution >= 0.6 is 11.6 Å². The molecule has 3 N–H and O–H groups in total. The number of rotatable bonds is 1. The van der Waals surface area contributed by atoms with Crippen molar-refractivity contribution in [1.82, 2.24) is 19.9 Å². The van der Waals surface area contributed by atoms with E-state index in [0.717, 1.165) is 24.1 Å². The van der Waals surface area contributed by atoms with Gasteiger partial charge >= 0.3 is 0 Å². The highest BCUT2D eigenvalue weighted by atomic mass is 35.5. The Morgan fingerprint density at radius 3 is 2.79 bits per heavy atom. The van der Waals surface area contributed by atoms with Crippen LogP contribution in [-0.2, 0) is 0 Å². The van der Waals surface area contributed by atoms with Gasteiger partial charge < -0.3 is 10.7 Å². The number of aromatic nitrogens is 4. The van der Waals surface area contributed by atoms with Gasteiger partial charge in [-0.3, -0.25) is 0 Å². The average molecular weight is 210 g/mol. The van der Waals surface area contributed by atoms with E-state index in [2.05, 4.69) is 19.9 Å². The molecular formula is C8H8ClN5. The van der Waals surface area contributed by atoms with Crippen LogP contribution < -0.4 is 5.73 Å². The van der Waals surface area contributed by atoms with Gasteiger partial charge in [-0.15, -0.1) is 0 Å². The first-order valence-corrected chi connectivity index (χ1v) is 4.80. The lowest BCUT2D eigenvalue weighted by molar-refractivity contribution is 1.02. The molecule has 1 saturated carbocycles. The smallest absolute Gasteiger partial charge is 0.222 e. The minimum absolute atomic E-state index is 0.266. The Balaban J connectivity index is 2.33. The number of imidazole rings is 1. The van der Waals surface area contributed by atoms with Crippen molar-refractivity contribution >= 4 is 28.7 Å². The molecule has 2 heterocycles. The van der Waals surface area contributed by atoms with Crippen molar-refractivity contribution in [2.75, 3.05) is 5.73 Å². The van der Waals surface area contributed by atoms with Gasteiger partial charge in [0.25, 0.3) is 0 Å². The topological polar surface area (TPSA) is 80.5 Å². The largest absolute Gasteiger partial charge is 0.368 e. The van der Waals surface area contributed by atoms with Crippen LogP contribution in [0, 0.1) is 0 Å². The fourth-order valence-electron chi connectivity index (χ4n) is 1.56. The number of hydrogen-bond donors (Lipinski definition) is 2. The third-order valence-corrected chi connectivity index (χ3v) is 2.51. The lowest BCUT2D eigenvalue weighted by Crippen LogP contribution is -1.99. The third-order valence-electron chi connectivity index (χ3n) is 2.33. The number of hydrogen-bond acceptors (Lipinski definition) is 4. The highest BCUT2D eigenvalue weighted by molar-refractivity contribution is 6.29. The van der Waals surface area contributed by atoms with Crippen molar-refractivity contribution in [2.24, 2.45) is 0 Å². The maximum atomic E-state index is 5.76. The number of nitrogens with zero attached hydrogens (tertiary/aromatic N) is 3. The molecule has 0 spiro atoms. The summed E-state index contributed by atoms with van der Waals surface area (Å²) >= 11 is 5.76. The van der Waals surface area contributed by atoms with Crippen molar-refractivity contribution in [3.05, 3.63) is 11.0 Å². The summed E-state index contributed by atoms with van der Waals surface area (Å²) in [7, 11) is 0. The molecule has 0 atom stereocenters. The predicted octanol–water partition coefficient (Wildman–Crippen LogP) is 1.47. The van der Waals surface area contributed by atoms with E-state index in [1.165, 1.54) is 0 Å². The first-order valence-electron chi connectivity index (χ1n) is 4.42. The lowest BCUT2D eigenvalue weighted by Gasteiger charge is -1.99. The molecule has 2 aromatic rings. The molecule has 0 amide bonds. The summed E-state index contributed by atoms with van der Waals surface area (Å²) in [5, 5.41) is 0.335. The van der Waals surface area contributed by atoms with Gasteiger partial charge in [0.15, 0.2) is 5.65 Å². The zero-order valence-corrected chi connectivity index (χ0v) is 8.04. The van der Waals surface area contributed by atoms with Gasteiger partial charge in [-0.05, 0) is 24.4 Å². The Morgan fingerprint density at radius 1 is 1.29 bits per heavy atom. The van der Waals surface area contributed by atoms with Gasteiger partial charge in [-0.25, -0.2) is 4.98 Å². The summed E-state index contributed by atoms with van der Waals surface area (Å²) in [5.74, 6) is 0.766. The van der Waals surface area contributed by atoms with E-state index in [1.807, 2.05) is 0 Å². The molecule has 14 heavy (non-hydrogen) atoms. The lowest BCUT2D eigenvalue weighted by atomic mass is 10.2. The van der Waals surface area contributed by atoms with Crippen molar-refractivity contribution in [3.8, 4) is 0 Å². The molecule has 0 saturated heterocycles. The zero-order chi connectivity index (χ0) is 9.71. The van der Waals surface area contributed by atoms with Crippen molar-refractivity contribution < 1.29 is 0 Å². The maximum absolute atomic E-state index is 5.76. The van der Waals surface area contributed by atoms with Gasteiger partial charge in [-0.1, -0.05) is 0 Å². The van der Waals surface area contributed by atoms with Gasteiger partial charge in [0, 0.05) is 5.92 Å². The average Bonchev–Trinajstić information content (AvgIpc) is 2.87. The van der Waals surface area contributed by atoms with Crippen molar-refractivity contribution in [3.63, 3.8) is 0 Å². The molecule has 2 aromatic heterocycles. The molecular weight excluding hydrogens is 202 g/mol. The van der Waals surface area contributed by atoms with Crippen LogP contribution in [0.15, 0.2) is 0 Å². The van der Waals surface area contributed by atoms with Crippen molar-refractivity contribution in [1.29, 1.82) is 0 Å². The minimum Gasteiger partial charge on any atom is -0.368 e. The number of nitrogens with two attached hydrogens (primary N) is 1. The first kappa shape index (κ1) is 7.99. The van der Waals surface area contributed by atoms with E-state index in [4.69, 9.17) is 17.3 Å². The molecule has 5 nitrogen and oxygen atoms in total. The zero-order valence-electron chi connectivity index (χ0n) is 7.29. The number of nitrogen functional groups attached to an aromatic ring is 1. The van der Waals surface area contributed by atoms with E-state index in [1.54, 1.807) is 0 Å². The minimum atomic E-state index is 0.266. The molecule has 6 heteroatoms. The Kier molecular flexibility index (Phi) is 1.47. The molecule has 0 aromatic carbocycles. The van der Waals surface area contributed by atoms with Crippen LogP contribution in [0.2, 0.25) is 5.28 Å². The van der Waals surface area contributed by atoms with Gasteiger partial charge in [0.05, 0.1) is 5.69 Å². The highest BCUT2D eigenvalue weighted by Gasteiger charge is 2.28. The summed E-state index contributed by atoms with van der Waals surface area (Å²) in [6, 6.07) is 0. The molecule has 1 aliphatic rings. The number of H-pyrrole nitrogens is 1. The summed E-state index contributed by atoms with van der Waals surface area (Å²) < 4.78 is 0. The predicted molar refractivity (Wildman–Crippen MR) is 53.1 cm³/mol. The van der Waals surface area contributed by atoms with E-state index >= 15 is 0 Å². The SMILES string of the molecule is Nc1nc(C2CC2)c2[nH]c(Cl)nc2n1. The van der Waals surface area contributed by atoms with Crippen LogP contribution in [0.5, 0.6) is 0 Å². The number of anilines is 1. The monoisotopic (exact) mass is 209 g/mol. The van der Waals surface area contributed by atoms with Crippen molar-refractivity contribution in [2.45, 2.75) is 18.8 Å². The summed E-state index contributed by atoms with van der Waals surface area (Å²) in [6.07, 6.45) is 2.31. The molecule has 0 radical (unpaired) electrons. The van der Waals surface area contributed by atoms with Gasteiger partial charge in [-0.2, -0.15) is 9.97 Å². The van der Waals surface area contributed by atoms with E-state index in [-0.39, 0.29) is 5.95 Å². The molecule has 1 fully saturated rings. The number of fused-ring (bicyclic) bond motifs is 1. The Labute approximate surface area is 84.7 Å². The van der Waals surface area contributed by atoms with Crippen LogP contribution in [0.3, 0.4) is 0 Å². The molecule has 3 rings (SSSR count). The van der Waals surface area contributed by atoms with Crippen LogP contribution in [0.25, 0.3) is 11.2 Å². The third kappa shape index (κ3) is 1.13.